The molecule has 39 heavy (non-hydrogen) atoms. The Bertz CT molecular complexity index is 1510. The number of carbonyl (C=O) groups excluding carboxylic acids is 3. The molecule has 14 heteroatoms. The first-order chi connectivity index (χ1) is 18.6. The fourth-order valence-corrected chi connectivity index (χ4v) is 6.11. The number of halogens is 2. The second-order valence-corrected chi connectivity index (χ2v) is 11.3. The smallest absolute Gasteiger partial charge is 0.271 e. The van der Waals surface area contributed by atoms with Gasteiger partial charge in [0.25, 0.3) is 11.8 Å². The Balaban J connectivity index is 1.37. The van der Waals surface area contributed by atoms with Gasteiger partial charge < -0.3 is 16.0 Å². The third-order valence-corrected chi connectivity index (χ3v) is 8.54. The average Bonchev–Trinajstić information content (AvgIpc) is 3.37. The van der Waals surface area contributed by atoms with Crippen LogP contribution in [0.2, 0.25) is 10.0 Å². The summed E-state index contributed by atoms with van der Waals surface area (Å²) in [5.74, 6) is -1.57. The minimum Gasteiger partial charge on any atom is -0.348 e. The molecule has 4 rings (SSSR count). The van der Waals surface area contributed by atoms with Crippen LogP contribution < -0.4 is 16.0 Å². The molecule has 0 radical (unpaired) electrons. The molecule has 4 N–H and O–H groups in total. The third-order valence-electron chi connectivity index (χ3n) is 6.02. The molecular formula is C25H24Cl2N6O5S. The van der Waals surface area contributed by atoms with Gasteiger partial charge in [-0.3, -0.25) is 19.5 Å². The van der Waals surface area contributed by atoms with E-state index in [9.17, 15) is 22.8 Å². The van der Waals surface area contributed by atoms with E-state index in [2.05, 4.69) is 32.7 Å². The number of anilines is 2. The van der Waals surface area contributed by atoms with Gasteiger partial charge >= 0.3 is 0 Å². The second-order valence-electron chi connectivity index (χ2n) is 8.58. The highest BCUT2D eigenvalue weighted by Gasteiger charge is 2.31. The molecule has 1 fully saturated rings. The highest BCUT2D eigenvalue weighted by molar-refractivity contribution is 7.89. The summed E-state index contributed by atoms with van der Waals surface area (Å²) in [4.78, 5) is 37.3. The summed E-state index contributed by atoms with van der Waals surface area (Å²) in [7, 11) is -3.82. The van der Waals surface area contributed by atoms with Gasteiger partial charge in [0.15, 0.2) is 0 Å². The highest BCUT2D eigenvalue weighted by atomic mass is 35.5. The van der Waals surface area contributed by atoms with Gasteiger partial charge in [-0.05, 0) is 49.2 Å². The molecular weight excluding hydrogens is 567 g/mol. The molecule has 1 aliphatic rings. The Morgan fingerprint density at radius 3 is 2.36 bits per heavy atom. The van der Waals surface area contributed by atoms with Crippen molar-refractivity contribution in [1.82, 2.24) is 19.8 Å². The van der Waals surface area contributed by atoms with Gasteiger partial charge in [0, 0.05) is 24.8 Å². The molecule has 1 aliphatic heterocycles. The molecule has 2 aromatic carbocycles. The molecule has 3 aromatic rings. The van der Waals surface area contributed by atoms with E-state index in [0.717, 1.165) is 6.08 Å². The third kappa shape index (κ3) is 6.48. The molecule has 0 bridgehead atoms. The van der Waals surface area contributed by atoms with E-state index < -0.39 is 27.7 Å². The maximum absolute atomic E-state index is 13.2. The van der Waals surface area contributed by atoms with Crippen molar-refractivity contribution in [3.8, 4) is 0 Å². The molecule has 1 saturated heterocycles. The SMILES string of the molecule is C=CC(=O)Nc1cccc(S(=O)(=O)N2CCC(NC(=O)c3[nH]ncc3NC(=O)c3c(Cl)cccc3Cl)CC2)c1. The Hall–Kier alpha value is -3.71. The molecule has 0 spiro atoms. The van der Waals surface area contributed by atoms with Gasteiger partial charge in [-0.1, -0.05) is 41.9 Å². The van der Waals surface area contributed by atoms with E-state index in [1.807, 2.05) is 0 Å². The minimum absolute atomic E-state index is 0.0277. The van der Waals surface area contributed by atoms with Gasteiger partial charge in [-0.2, -0.15) is 9.40 Å². The first kappa shape index (κ1) is 28.3. The fraction of sp³-hybridized carbons (Fsp3) is 0.200. The number of aromatic nitrogens is 2. The number of nitrogens with zero attached hydrogens (tertiary/aromatic N) is 2. The summed E-state index contributed by atoms with van der Waals surface area (Å²) in [5.41, 5.74) is 0.565. The molecule has 0 aliphatic carbocycles. The number of H-pyrrole nitrogens is 1. The van der Waals surface area contributed by atoms with Crippen molar-refractivity contribution in [3.63, 3.8) is 0 Å². The van der Waals surface area contributed by atoms with E-state index >= 15 is 0 Å². The second kappa shape index (κ2) is 12.0. The van der Waals surface area contributed by atoms with Crippen LogP contribution in [0.3, 0.4) is 0 Å². The van der Waals surface area contributed by atoms with Gasteiger partial charge in [0.2, 0.25) is 15.9 Å². The summed E-state index contributed by atoms with van der Waals surface area (Å²) in [6, 6.07) is 10.3. The van der Waals surface area contributed by atoms with Crippen molar-refractivity contribution in [2.24, 2.45) is 0 Å². The van der Waals surface area contributed by atoms with Crippen LogP contribution in [-0.2, 0) is 14.8 Å². The van der Waals surface area contributed by atoms with Crippen molar-refractivity contribution in [2.45, 2.75) is 23.8 Å². The summed E-state index contributed by atoms with van der Waals surface area (Å²) in [6.07, 6.45) is 3.11. The van der Waals surface area contributed by atoms with Crippen LogP contribution in [0.4, 0.5) is 11.4 Å². The summed E-state index contributed by atoms with van der Waals surface area (Å²) >= 11 is 12.2. The average molecular weight is 591 g/mol. The maximum atomic E-state index is 13.2. The number of rotatable bonds is 8. The summed E-state index contributed by atoms with van der Waals surface area (Å²) in [5, 5.41) is 14.7. The number of amides is 3. The molecule has 0 atom stereocenters. The number of nitrogens with one attached hydrogen (secondary N) is 4. The van der Waals surface area contributed by atoms with Crippen LogP contribution in [0, 0.1) is 0 Å². The number of carbonyl (C=O) groups is 3. The summed E-state index contributed by atoms with van der Waals surface area (Å²) < 4.78 is 27.6. The van der Waals surface area contributed by atoms with E-state index in [4.69, 9.17) is 23.2 Å². The molecule has 1 aromatic heterocycles. The first-order valence-corrected chi connectivity index (χ1v) is 13.9. The first-order valence-electron chi connectivity index (χ1n) is 11.7. The lowest BCUT2D eigenvalue weighted by Crippen LogP contribution is -2.46. The van der Waals surface area contributed by atoms with Crippen LogP contribution in [0.1, 0.15) is 33.7 Å². The zero-order chi connectivity index (χ0) is 28.2. The van der Waals surface area contributed by atoms with E-state index in [0.29, 0.717) is 18.5 Å². The largest absolute Gasteiger partial charge is 0.348 e. The van der Waals surface area contributed by atoms with Crippen LogP contribution in [0.5, 0.6) is 0 Å². The topological polar surface area (TPSA) is 153 Å². The van der Waals surface area contributed by atoms with Crippen LogP contribution >= 0.6 is 23.2 Å². The predicted molar refractivity (Wildman–Crippen MR) is 148 cm³/mol. The van der Waals surface area contributed by atoms with Gasteiger partial charge in [-0.25, -0.2) is 8.42 Å². The number of sulfonamides is 1. The maximum Gasteiger partial charge on any atom is 0.271 e. The lowest BCUT2D eigenvalue weighted by atomic mass is 10.1. The van der Waals surface area contributed by atoms with Crippen LogP contribution in [0.15, 0.2) is 66.2 Å². The Labute approximate surface area is 234 Å². The zero-order valence-corrected chi connectivity index (χ0v) is 22.7. The van der Waals surface area contributed by atoms with E-state index in [1.54, 1.807) is 18.2 Å². The molecule has 3 amide bonds. The van der Waals surface area contributed by atoms with E-state index in [1.165, 1.54) is 34.8 Å². The number of hydrogen-bond acceptors (Lipinski definition) is 6. The van der Waals surface area contributed by atoms with E-state index in [-0.39, 0.29) is 51.0 Å². The predicted octanol–water partition coefficient (Wildman–Crippen LogP) is 3.68. The minimum atomic E-state index is -3.82. The van der Waals surface area contributed by atoms with Gasteiger partial charge in [0.1, 0.15) is 5.69 Å². The Morgan fingerprint density at radius 2 is 1.69 bits per heavy atom. The molecule has 0 unspecified atom stereocenters. The standard InChI is InChI=1S/C25H24Cl2N6O5S/c1-2-21(34)29-16-5-3-6-17(13-16)39(37,38)33-11-9-15(10-12-33)30-25(36)23-20(14-28-32-23)31-24(35)22-18(26)7-4-8-19(22)27/h2-8,13-15H,1,9-12H2,(H,28,32)(H,29,34)(H,30,36)(H,31,35). The van der Waals surface area contributed by atoms with Crippen molar-refractivity contribution in [3.05, 3.63) is 82.6 Å². The zero-order valence-electron chi connectivity index (χ0n) is 20.4. The summed E-state index contributed by atoms with van der Waals surface area (Å²) in [6.45, 7) is 3.73. The van der Waals surface area contributed by atoms with Gasteiger partial charge in [0.05, 0.1) is 32.4 Å². The van der Waals surface area contributed by atoms with Crippen molar-refractivity contribution >= 4 is 62.3 Å². The normalized spacial score (nSPS) is 14.4. The van der Waals surface area contributed by atoms with Crippen LogP contribution in [0.25, 0.3) is 0 Å². The molecule has 0 saturated carbocycles. The quantitative estimate of drug-likeness (QED) is 0.293. The monoisotopic (exact) mass is 590 g/mol. The lowest BCUT2D eigenvalue weighted by Gasteiger charge is -2.31. The van der Waals surface area contributed by atoms with Crippen molar-refractivity contribution < 1.29 is 22.8 Å². The molecule has 11 nitrogen and oxygen atoms in total. The fourth-order valence-electron chi connectivity index (χ4n) is 4.03. The lowest BCUT2D eigenvalue weighted by molar-refractivity contribution is -0.111. The number of hydrogen-bond donors (Lipinski definition) is 4. The van der Waals surface area contributed by atoms with Crippen LogP contribution in [-0.4, -0.2) is 59.8 Å². The van der Waals surface area contributed by atoms with Crippen molar-refractivity contribution in [1.29, 1.82) is 0 Å². The number of aromatic amines is 1. The van der Waals surface area contributed by atoms with Crippen molar-refractivity contribution in [2.75, 3.05) is 23.7 Å². The Kier molecular flexibility index (Phi) is 8.70. The number of piperidine rings is 1. The Morgan fingerprint density at radius 1 is 1.03 bits per heavy atom. The molecule has 204 valence electrons. The highest BCUT2D eigenvalue weighted by Crippen LogP contribution is 2.26. The number of benzene rings is 2. The van der Waals surface area contributed by atoms with Gasteiger partial charge in [-0.15, -0.1) is 0 Å². The molecule has 2 heterocycles.